The van der Waals surface area contributed by atoms with Gasteiger partial charge in [-0.15, -0.1) is 0 Å². The standard InChI is InChI=1S/C19H22FN3O3/c1-13-16(14(2)26-21-13)12-18(24)22-8-5-9-23(11-10-22)19(25)15-6-3-4-7-17(15)20/h3-4,6-7H,5,8-12H2,1-2H3. The number of halogens is 1. The van der Waals surface area contributed by atoms with Crippen LogP contribution in [0.15, 0.2) is 28.8 Å². The zero-order valence-corrected chi connectivity index (χ0v) is 15.0. The summed E-state index contributed by atoms with van der Waals surface area (Å²) in [7, 11) is 0. The molecule has 0 spiro atoms. The van der Waals surface area contributed by atoms with Crippen LogP contribution in [0.5, 0.6) is 0 Å². The molecule has 26 heavy (non-hydrogen) atoms. The van der Waals surface area contributed by atoms with Gasteiger partial charge in [0, 0.05) is 31.7 Å². The Bertz CT molecular complexity index is 799. The maximum Gasteiger partial charge on any atom is 0.256 e. The quantitative estimate of drug-likeness (QED) is 0.844. The van der Waals surface area contributed by atoms with Gasteiger partial charge in [-0.1, -0.05) is 17.3 Å². The number of hydrogen-bond acceptors (Lipinski definition) is 4. The van der Waals surface area contributed by atoms with Crippen LogP contribution in [-0.4, -0.2) is 52.9 Å². The summed E-state index contributed by atoms with van der Waals surface area (Å²) in [5, 5.41) is 3.88. The first kappa shape index (κ1) is 18.1. The molecule has 0 N–H and O–H groups in total. The fourth-order valence-electron chi connectivity index (χ4n) is 3.19. The molecule has 1 fully saturated rings. The first-order valence-electron chi connectivity index (χ1n) is 8.70. The van der Waals surface area contributed by atoms with Crippen molar-refractivity contribution in [2.75, 3.05) is 26.2 Å². The lowest BCUT2D eigenvalue weighted by atomic mass is 10.1. The van der Waals surface area contributed by atoms with Crippen LogP contribution in [0.25, 0.3) is 0 Å². The molecule has 1 aliphatic rings. The highest BCUT2D eigenvalue weighted by Gasteiger charge is 2.25. The summed E-state index contributed by atoms with van der Waals surface area (Å²) in [4.78, 5) is 28.5. The molecule has 7 heteroatoms. The van der Waals surface area contributed by atoms with Crippen molar-refractivity contribution in [3.8, 4) is 0 Å². The summed E-state index contributed by atoms with van der Waals surface area (Å²) >= 11 is 0. The Labute approximate surface area is 151 Å². The van der Waals surface area contributed by atoms with Crippen LogP contribution in [-0.2, 0) is 11.2 Å². The van der Waals surface area contributed by atoms with Crippen molar-refractivity contribution in [3.05, 3.63) is 52.7 Å². The van der Waals surface area contributed by atoms with Gasteiger partial charge in [-0.05, 0) is 32.4 Å². The molecule has 2 amide bonds. The number of aromatic nitrogens is 1. The van der Waals surface area contributed by atoms with Crippen molar-refractivity contribution in [1.82, 2.24) is 15.0 Å². The average molecular weight is 359 g/mol. The average Bonchev–Trinajstić information content (AvgIpc) is 2.83. The summed E-state index contributed by atoms with van der Waals surface area (Å²) in [6.07, 6.45) is 0.899. The summed E-state index contributed by atoms with van der Waals surface area (Å²) < 4.78 is 19.0. The molecule has 2 aromatic rings. The number of nitrogens with zero attached hydrogens (tertiary/aromatic N) is 3. The Morgan fingerprint density at radius 2 is 1.81 bits per heavy atom. The smallest absolute Gasteiger partial charge is 0.256 e. The highest BCUT2D eigenvalue weighted by molar-refractivity contribution is 5.94. The van der Waals surface area contributed by atoms with E-state index in [1.807, 2.05) is 6.92 Å². The summed E-state index contributed by atoms with van der Waals surface area (Å²) in [5.41, 5.74) is 1.61. The van der Waals surface area contributed by atoms with Crippen LogP contribution in [0.2, 0.25) is 0 Å². The van der Waals surface area contributed by atoms with E-state index in [4.69, 9.17) is 4.52 Å². The second-order valence-corrected chi connectivity index (χ2v) is 6.49. The molecule has 1 aromatic heterocycles. The fraction of sp³-hybridized carbons (Fsp3) is 0.421. The minimum atomic E-state index is -0.520. The molecule has 3 rings (SSSR count). The van der Waals surface area contributed by atoms with Gasteiger partial charge in [-0.3, -0.25) is 9.59 Å². The van der Waals surface area contributed by atoms with Crippen molar-refractivity contribution in [3.63, 3.8) is 0 Å². The third kappa shape index (κ3) is 3.76. The highest BCUT2D eigenvalue weighted by Crippen LogP contribution is 2.16. The second kappa shape index (κ2) is 7.68. The zero-order chi connectivity index (χ0) is 18.7. The predicted molar refractivity (Wildman–Crippen MR) is 93.2 cm³/mol. The lowest BCUT2D eigenvalue weighted by Gasteiger charge is -2.22. The molecule has 1 aliphatic heterocycles. The molecule has 0 radical (unpaired) electrons. The van der Waals surface area contributed by atoms with Crippen molar-refractivity contribution in [2.24, 2.45) is 0 Å². The third-order valence-corrected chi connectivity index (χ3v) is 4.75. The van der Waals surface area contributed by atoms with Crippen molar-refractivity contribution in [2.45, 2.75) is 26.7 Å². The van der Waals surface area contributed by atoms with E-state index in [9.17, 15) is 14.0 Å². The minimum absolute atomic E-state index is 0.0143. The van der Waals surface area contributed by atoms with Crippen molar-refractivity contribution < 1.29 is 18.5 Å². The van der Waals surface area contributed by atoms with Crippen LogP contribution >= 0.6 is 0 Å². The van der Waals surface area contributed by atoms with E-state index in [0.717, 1.165) is 11.3 Å². The fourth-order valence-corrected chi connectivity index (χ4v) is 3.19. The molecule has 0 saturated carbocycles. The lowest BCUT2D eigenvalue weighted by Crippen LogP contribution is -2.38. The van der Waals surface area contributed by atoms with Gasteiger partial charge in [-0.2, -0.15) is 0 Å². The number of carbonyl (C=O) groups excluding carboxylic acids is 2. The molecule has 0 bridgehead atoms. The van der Waals surface area contributed by atoms with E-state index >= 15 is 0 Å². The first-order chi connectivity index (χ1) is 12.5. The number of benzene rings is 1. The summed E-state index contributed by atoms with van der Waals surface area (Å²) in [6, 6.07) is 5.98. The molecule has 0 atom stereocenters. The van der Waals surface area contributed by atoms with Gasteiger partial charge < -0.3 is 14.3 Å². The Kier molecular flexibility index (Phi) is 5.35. The summed E-state index contributed by atoms with van der Waals surface area (Å²) in [6.45, 7) is 5.50. The molecule has 2 heterocycles. The zero-order valence-electron chi connectivity index (χ0n) is 15.0. The first-order valence-corrected chi connectivity index (χ1v) is 8.70. The molecule has 1 aromatic carbocycles. The third-order valence-electron chi connectivity index (χ3n) is 4.75. The van der Waals surface area contributed by atoms with Gasteiger partial charge in [0.1, 0.15) is 11.6 Å². The van der Waals surface area contributed by atoms with Gasteiger partial charge in [0.25, 0.3) is 5.91 Å². The van der Waals surface area contributed by atoms with Crippen LogP contribution in [0.3, 0.4) is 0 Å². The van der Waals surface area contributed by atoms with E-state index in [-0.39, 0.29) is 23.8 Å². The number of hydrogen-bond donors (Lipinski definition) is 0. The SMILES string of the molecule is Cc1noc(C)c1CC(=O)N1CCCN(C(=O)c2ccccc2F)CC1. The molecular weight excluding hydrogens is 337 g/mol. The number of aryl methyl sites for hydroxylation is 2. The van der Waals surface area contributed by atoms with E-state index in [0.29, 0.717) is 38.4 Å². The van der Waals surface area contributed by atoms with Gasteiger partial charge in [0.05, 0.1) is 17.7 Å². The van der Waals surface area contributed by atoms with Gasteiger partial charge in [0.2, 0.25) is 5.91 Å². The maximum atomic E-state index is 13.9. The topological polar surface area (TPSA) is 66.7 Å². The maximum absolute atomic E-state index is 13.9. The molecular formula is C19H22FN3O3. The van der Waals surface area contributed by atoms with Gasteiger partial charge in [-0.25, -0.2) is 4.39 Å². The van der Waals surface area contributed by atoms with Crippen LogP contribution < -0.4 is 0 Å². The molecule has 0 unspecified atom stereocenters. The molecule has 1 saturated heterocycles. The van der Waals surface area contributed by atoms with Gasteiger partial charge in [0.15, 0.2) is 0 Å². The lowest BCUT2D eigenvalue weighted by molar-refractivity contribution is -0.130. The van der Waals surface area contributed by atoms with E-state index in [1.165, 1.54) is 12.1 Å². The molecule has 138 valence electrons. The van der Waals surface area contributed by atoms with Crippen molar-refractivity contribution in [1.29, 1.82) is 0 Å². The van der Waals surface area contributed by atoms with E-state index in [1.54, 1.807) is 28.9 Å². The minimum Gasteiger partial charge on any atom is -0.361 e. The number of amides is 2. The monoisotopic (exact) mass is 359 g/mol. The van der Waals surface area contributed by atoms with E-state index in [2.05, 4.69) is 5.16 Å². The van der Waals surface area contributed by atoms with E-state index < -0.39 is 5.82 Å². The number of carbonyl (C=O) groups is 2. The van der Waals surface area contributed by atoms with Crippen LogP contribution in [0.4, 0.5) is 4.39 Å². The predicted octanol–water partition coefficient (Wildman–Crippen LogP) is 2.35. The Morgan fingerprint density at radius 3 is 2.50 bits per heavy atom. The normalized spacial score (nSPS) is 15.0. The second-order valence-electron chi connectivity index (χ2n) is 6.49. The molecule has 6 nitrogen and oxygen atoms in total. The Hall–Kier alpha value is -2.70. The highest BCUT2D eigenvalue weighted by atomic mass is 19.1. The number of rotatable bonds is 3. The van der Waals surface area contributed by atoms with Crippen LogP contribution in [0, 0.1) is 19.7 Å². The van der Waals surface area contributed by atoms with Gasteiger partial charge >= 0.3 is 0 Å². The largest absolute Gasteiger partial charge is 0.361 e. The Balaban J connectivity index is 1.64. The van der Waals surface area contributed by atoms with Crippen molar-refractivity contribution >= 4 is 11.8 Å². The Morgan fingerprint density at radius 1 is 1.12 bits per heavy atom. The molecule has 0 aliphatic carbocycles. The van der Waals surface area contributed by atoms with Crippen LogP contribution in [0.1, 0.15) is 33.8 Å². The summed E-state index contributed by atoms with van der Waals surface area (Å²) in [5.74, 6) is -0.210.